The third kappa shape index (κ3) is 5.09. The van der Waals surface area contributed by atoms with Crippen molar-refractivity contribution in [2.45, 2.75) is 13.8 Å². The molecule has 0 radical (unpaired) electrons. The third-order valence-corrected chi connectivity index (χ3v) is 2.61. The zero-order valence-corrected chi connectivity index (χ0v) is 7.45. The molecular weight excluding hydrogens is 148 g/mol. The van der Waals surface area contributed by atoms with Gasteiger partial charge in [-0.25, -0.2) is 0 Å². The van der Waals surface area contributed by atoms with E-state index in [0.29, 0.717) is 0 Å². The van der Waals surface area contributed by atoms with Gasteiger partial charge in [-0.3, -0.25) is 0 Å². The molecule has 0 aliphatic rings. The Balaban J connectivity index is 3.28. The highest BCUT2D eigenvalue weighted by Gasteiger charge is 2.15. The van der Waals surface area contributed by atoms with E-state index in [4.69, 9.17) is 10.2 Å². The van der Waals surface area contributed by atoms with Gasteiger partial charge in [-0.2, -0.15) is 11.8 Å². The Hall–Kier alpha value is 0.270. The van der Waals surface area contributed by atoms with E-state index in [2.05, 4.69) is 0 Å². The van der Waals surface area contributed by atoms with Crippen LogP contribution >= 0.6 is 11.8 Å². The zero-order valence-electron chi connectivity index (χ0n) is 6.63. The SMILES string of the molecule is CC(C)(CO)CSCCO. The summed E-state index contributed by atoms with van der Waals surface area (Å²) in [4.78, 5) is 0. The Morgan fingerprint density at radius 1 is 1.30 bits per heavy atom. The average Bonchev–Trinajstić information content (AvgIpc) is 1.89. The average molecular weight is 164 g/mol. The van der Waals surface area contributed by atoms with Crippen molar-refractivity contribution in [1.82, 2.24) is 0 Å². The van der Waals surface area contributed by atoms with Crippen molar-refractivity contribution in [3.63, 3.8) is 0 Å². The molecule has 2 nitrogen and oxygen atoms in total. The predicted molar refractivity (Wildman–Crippen MR) is 45.3 cm³/mol. The number of hydrogen-bond acceptors (Lipinski definition) is 3. The third-order valence-electron chi connectivity index (χ3n) is 1.16. The van der Waals surface area contributed by atoms with Crippen molar-refractivity contribution in [3.8, 4) is 0 Å². The van der Waals surface area contributed by atoms with Crippen molar-refractivity contribution >= 4 is 11.8 Å². The fourth-order valence-electron chi connectivity index (χ4n) is 0.459. The van der Waals surface area contributed by atoms with E-state index in [1.165, 1.54) is 0 Å². The van der Waals surface area contributed by atoms with E-state index in [0.717, 1.165) is 11.5 Å². The number of thioether (sulfide) groups is 1. The van der Waals surface area contributed by atoms with E-state index in [9.17, 15) is 0 Å². The second kappa shape index (κ2) is 4.99. The summed E-state index contributed by atoms with van der Waals surface area (Å²) in [5, 5.41) is 17.3. The topological polar surface area (TPSA) is 40.5 Å². The van der Waals surface area contributed by atoms with Gasteiger partial charge < -0.3 is 10.2 Å². The van der Waals surface area contributed by atoms with Gasteiger partial charge in [-0.1, -0.05) is 13.8 Å². The fourth-order valence-corrected chi connectivity index (χ4v) is 1.38. The normalized spacial score (nSPS) is 12.0. The van der Waals surface area contributed by atoms with Gasteiger partial charge in [0.25, 0.3) is 0 Å². The Morgan fingerprint density at radius 2 is 1.90 bits per heavy atom. The molecule has 0 spiro atoms. The second-order valence-electron chi connectivity index (χ2n) is 3.10. The lowest BCUT2D eigenvalue weighted by molar-refractivity contribution is 0.180. The maximum absolute atomic E-state index is 8.82. The van der Waals surface area contributed by atoms with Crippen LogP contribution < -0.4 is 0 Å². The lowest BCUT2D eigenvalue weighted by atomic mass is 9.98. The highest BCUT2D eigenvalue weighted by atomic mass is 32.2. The predicted octanol–water partition coefficient (Wildman–Crippen LogP) is 0.730. The van der Waals surface area contributed by atoms with Gasteiger partial charge in [0, 0.05) is 18.1 Å². The van der Waals surface area contributed by atoms with Gasteiger partial charge in [0.2, 0.25) is 0 Å². The van der Waals surface area contributed by atoms with E-state index in [-0.39, 0.29) is 18.6 Å². The summed E-state index contributed by atoms with van der Waals surface area (Å²) in [6, 6.07) is 0. The Labute approximate surface area is 66.6 Å². The second-order valence-corrected chi connectivity index (χ2v) is 4.20. The molecule has 0 amide bonds. The molecule has 0 aromatic carbocycles. The van der Waals surface area contributed by atoms with Crippen LogP contribution in [0.25, 0.3) is 0 Å². The summed E-state index contributed by atoms with van der Waals surface area (Å²) in [6.07, 6.45) is 0. The molecule has 0 rings (SSSR count). The Morgan fingerprint density at radius 3 is 2.30 bits per heavy atom. The van der Waals surface area contributed by atoms with Gasteiger partial charge in [-0.05, 0) is 5.41 Å². The first-order chi connectivity index (χ1) is 4.62. The van der Waals surface area contributed by atoms with Crippen molar-refractivity contribution in [2.24, 2.45) is 5.41 Å². The van der Waals surface area contributed by atoms with Gasteiger partial charge in [0.05, 0.1) is 6.61 Å². The van der Waals surface area contributed by atoms with Crippen LogP contribution in [0, 0.1) is 5.41 Å². The molecule has 0 saturated carbocycles. The van der Waals surface area contributed by atoms with E-state index < -0.39 is 0 Å². The van der Waals surface area contributed by atoms with Gasteiger partial charge >= 0.3 is 0 Å². The maximum atomic E-state index is 8.82. The maximum Gasteiger partial charge on any atom is 0.0521 e. The summed E-state index contributed by atoms with van der Waals surface area (Å²) in [5.41, 5.74) is -0.000162. The summed E-state index contributed by atoms with van der Waals surface area (Å²) in [6.45, 7) is 4.46. The first-order valence-corrected chi connectivity index (χ1v) is 4.57. The van der Waals surface area contributed by atoms with Crippen LogP contribution in [0.15, 0.2) is 0 Å². The minimum absolute atomic E-state index is 0.000162. The minimum Gasteiger partial charge on any atom is -0.396 e. The Kier molecular flexibility index (Phi) is 5.13. The molecule has 62 valence electrons. The van der Waals surface area contributed by atoms with Crippen LogP contribution in [0.3, 0.4) is 0 Å². The number of rotatable bonds is 5. The highest BCUT2D eigenvalue weighted by molar-refractivity contribution is 7.99. The summed E-state index contributed by atoms with van der Waals surface area (Å²) in [7, 11) is 0. The molecular formula is C7H16O2S. The molecule has 0 aromatic heterocycles. The largest absolute Gasteiger partial charge is 0.396 e. The molecule has 0 aromatic rings. The van der Waals surface area contributed by atoms with Crippen molar-refractivity contribution in [1.29, 1.82) is 0 Å². The standard InChI is InChI=1S/C7H16O2S/c1-7(2,5-9)6-10-4-3-8/h8-9H,3-6H2,1-2H3. The molecule has 0 saturated heterocycles. The van der Waals surface area contributed by atoms with Crippen LogP contribution in [0.1, 0.15) is 13.8 Å². The molecule has 0 bridgehead atoms. The summed E-state index contributed by atoms with van der Waals surface area (Å²) < 4.78 is 0. The smallest absolute Gasteiger partial charge is 0.0521 e. The molecule has 0 heterocycles. The molecule has 0 aliphatic heterocycles. The van der Waals surface area contributed by atoms with Gasteiger partial charge in [-0.15, -0.1) is 0 Å². The lowest BCUT2D eigenvalue weighted by Crippen LogP contribution is -2.20. The molecule has 2 N–H and O–H groups in total. The summed E-state index contributed by atoms with van der Waals surface area (Å²) >= 11 is 1.67. The van der Waals surface area contributed by atoms with Crippen molar-refractivity contribution < 1.29 is 10.2 Å². The van der Waals surface area contributed by atoms with Crippen LogP contribution in [0.2, 0.25) is 0 Å². The lowest BCUT2D eigenvalue weighted by Gasteiger charge is -2.20. The molecule has 0 aliphatic carbocycles. The van der Waals surface area contributed by atoms with Crippen molar-refractivity contribution in [2.75, 3.05) is 24.7 Å². The highest BCUT2D eigenvalue weighted by Crippen LogP contribution is 2.19. The van der Waals surface area contributed by atoms with E-state index >= 15 is 0 Å². The quantitative estimate of drug-likeness (QED) is 0.589. The van der Waals surface area contributed by atoms with Gasteiger partial charge in [0.1, 0.15) is 0 Å². The monoisotopic (exact) mass is 164 g/mol. The molecule has 3 heteroatoms. The minimum atomic E-state index is -0.000162. The van der Waals surface area contributed by atoms with Crippen LogP contribution in [-0.2, 0) is 0 Å². The summed E-state index contributed by atoms with van der Waals surface area (Å²) in [5.74, 6) is 1.67. The number of aliphatic hydroxyl groups is 2. The zero-order chi connectivity index (χ0) is 8.04. The molecule has 0 atom stereocenters. The van der Waals surface area contributed by atoms with Crippen LogP contribution in [0.5, 0.6) is 0 Å². The number of aliphatic hydroxyl groups excluding tert-OH is 2. The Bertz CT molecular complexity index is 83.7. The van der Waals surface area contributed by atoms with Crippen LogP contribution in [-0.4, -0.2) is 34.9 Å². The van der Waals surface area contributed by atoms with E-state index in [1.807, 2.05) is 13.8 Å². The molecule has 10 heavy (non-hydrogen) atoms. The molecule has 0 unspecified atom stereocenters. The van der Waals surface area contributed by atoms with E-state index in [1.54, 1.807) is 11.8 Å². The van der Waals surface area contributed by atoms with Crippen molar-refractivity contribution in [3.05, 3.63) is 0 Å². The first-order valence-electron chi connectivity index (χ1n) is 3.42. The van der Waals surface area contributed by atoms with Crippen LogP contribution in [0.4, 0.5) is 0 Å². The molecule has 0 fully saturated rings. The number of hydrogen-bond donors (Lipinski definition) is 2. The first kappa shape index (κ1) is 10.3. The fraction of sp³-hybridized carbons (Fsp3) is 1.00. The van der Waals surface area contributed by atoms with Gasteiger partial charge in [0.15, 0.2) is 0 Å².